The Balaban J connectivity index is 0.00000320. The molecule has 1 saturated heterocycles. The average Bonchev–Trinajstić information content (AvgIpc) is 3.24. The molecule has 1 aromatic carbocycles. The largest absolute Gasteiger partial charge is 0.493 e. The van der Waals surface area contributed by atoms with Crippen LogP contribution >= 0.6 is 24.0 Å². The lowest BCUT2D eigenvalue weighted by Crippen LogP contribution is -2.37. The molecule has 30 heavy (non-hydrogen) atoms. The van der Waals surface area contributed by atoms with Crippen LogP contribution in [0, 0.1) is 19.8 Å². The lowest BCUT2D eigenvalue weighted by molar-refractivity contribution is 0.166. The van der Waals surface area contributed by atoms with Gasteiger partial charge in [0.05, 0.1) is 32.0 Å². The Hall–Kier alpha value is -1.87. The molecule has 0 amide bonds. The Morgan fingerprint density at radius 2 is 2.13 bits per heavy atom. The van der Waals surface area contributed by atoms with Gasteiger partial charge in [0.15, 0.2) is 5.96 Å². The first-order valence-corrected chi connectivity index (χ1v) is 10.4. The molecule has 0 spiro atoms. The molecule has 2 aromatic rings. The normalized spacial score (nSPS) is 16.1. The highest BCUT2D eigenvalue weighted by Crippen LogP contribution is 2.23. The molecule has 2 N–H and O–H groups in total. The molecule has 1 aliphatic heterocycles. The van der Waals surface area contributed by atoms with Crippen LogP contribution in [0.25, 0.3) is 0 Å². The van der Waals surface area contributed by atoms with Crippen molar-refractivity contribution >= 4 is 29.9 Å². The Morgan fingerprint density at radius 1 is 1.27 bits per heavy atom. The number of halogens is 1. The number of aliphatic imine (C=N–C) groups is 1. The Kier molecular flexibility index (Phi) is 10.4. The summed E-state index contributed by atoms with van der Waals surface area (Å²) in [7, 11) is 0. The maximum absolute atomic E-state index is 6.14. The molecule has 164 valence electrons. The van der Waals surface area contributed by atoms with Crippen LogP contribution in [0.3, 0.4) is 0 Å². The zero-order valence-corrected chi connectivity index (χ0v) is 20.4. The minimum Gasteiger partial charge on any atom is -0.493 e. The van der Waals surface area contributed by atoms with Gasteiger partial charge in [0.1, 0.15) is 5.75 Å². The molecular formula is C23H33IN4O2. The predicted octanol–water partition coefficient (Wildman–Crippen LogP) is 3.99. The third kappa shape index (κ3) is 7.43. The number of guanidine groups is 1. The van der Waals surface area contributed by atoms with Gasteiger partial charge in [-0.25, -0.2) is 4.99 Å². The highest BCUT2D eigenvalue weighted by Gasteiger charge is 2.17. The zero-order valence-electron chi connectivity index (χ0n) is 18.1. The molecular weight excluding hydrogens is 491 g/mol. The summed E-state index contributed by atoms with van der Waals surface area (Å²) in [5.74, 6) is 2.16. The number of hydrogen-bond donors (Lipinski definition) is 2. The average molecular weight is 524 g/mol. The highest BCUT2D eigenvalue weighted by molar-refractivity contribution is 14.0. The number of nitrogens with one attached hydrogen (secondary N) is 2. The summed E-state index contributed by atoms with van der Waals surface area (Å²) in [6.45, 7) is 10.5. The van der Waals surface area contributed by atoms with Gasteiger partial charge in [-0.05, 0) is 50.5 Å². The van der Waals surface area contributed by atoms with Crippen molar-refractivity contribution in [2.45, 2.75) is 40.3 Å². The predicted molar refractivity (Wildman–Crippen MR) is 132 cm³/mol. The second-order valence-corrected chi connectivity index (χ2v) is 7.47. The van der Waals surface area contributed by atoms with E-state index in [4.69, 9.17) is 14.5 Å². The number of hydrogen-bond acceptors (Lipinski definition) is 4. The molecule has 6 nitrogen and oxygen atoms in total. The van der Waals surface area contributed by atoms with Crippen molar-refractivity contribution in [3.8, 4) is 5.75 Å². The van der Waals surface area contributed by atoms with Crippen LogP contribution in [0.2, 0.25) is 0 Å². The second kappa shape index (κ2) is 12.7. The number of rotatable bonds is 8. The van der Waals surface area contributed by atoms with Crippen molar-refractivity contribution in [1.29, 1.82) is 0 Å². The van der Waals surface area contributed by atoms with Gasteiger partial charge in [0.2, 0.25) is 0 Å². The number of ether oxygens (including phenoxy) is 2. The van der Waals surface area contributed by atoms with Gasteiger partial charge in [0.25, 0.3) is 0 Å². The lowest BCUT2D eigenvalue weighted by Gasteiger charge is -2.15. The van der Waals surface area contributed by atoms with Crippen molar-refractivity contribution < 1.29 is 9.47 Å². The minimum atomic E-state index is 0. The third-order valence-electron chi connectivity index (χ3n) is 5.01. The highest BCUT2D eigenvalue weighted by atomic mass is 127. The molecule has 1 fully saturated rings. The fourth-order valence-electron chi connectivity index (χ4n) is 3.23. The monoisotopic (exact) mass is 524 g/mol. The minimum absolute atomic E-state index is 0. The summed E-state index contributed by atoms with van der Waals surface area (Å²) < 4.78 is 11.6. The third-order valence-corrected chi connectivity index (χ3v) is 5.01. The molecule has 0 bridgehead atoms. The molecule has 0 aliphatic carbocycles. The van der Waals surface area contributed by atoms with E-state index >= 15 is 0 Å². The van der Waals surface area contributed by atoms with Crippen LogP contribution in [-0.2, 0) is 17.8 Å². The van der Waals surface area contributed by atoms with E-state index in [-0.39, 0.29) is 24.0 Å². The van der Waals surface area contributed by atoms with Crippen LogP contribution in [0.5, 0.6) is 5.75 Å². The first kappa shape index (κ1) is 24.4. The maximum Gasteiger partial charge on any atom is 0.191 e. The fourth-order valence-corrected chi connectivity index (χ4v) is 3.23. The first-order chi connectivity index (χ1) is 14.2. The zero-order chi connectivity index (χ0) is 20.5. The molecule has 7 heteroatoms. The molecule has 3 rings (SSSR count). The van der Waals surface area contributed by atoms with E-state index in [2.05, 4.69) is 60.7 Å². The Bertz CT molecular complexity index is 823. The van der Waals surface area contributed by atoms with Crippen LogP contribution in [0.15, 0.2) is 41.5 Å². The fraction of sp³-hybridized carbons (Fsp3) is 0.478. The van der Waals surface area contributed by atoms with E-state index in [0.717, 1.165) is 49.1 Å². The molecule has 0 radical (unpaired) electrons. The SMILES string of the molecule is CCNC(=NCc1ccc(C)cc1OCC1CCOC1)NCc1ncccc1C.I. The van der Waals surface area contributed by atoms with Crippen molar-refractivity contribution in [1.82, 2.24) is 15.6 Å². The maximum atomic E-state index is 6.14. The number of aryl methyl sites for hydroxylation is 2. The van der Waals surface area contributed by atoms with Crippen LogP contribution < -0.4 is 15.4 Å². The summed E-state index contributed by atoms with van der Waals surface area (Å²) in [5, 5.41) is 6.68. The molecule has 1 aliphatic rings. The lowest BCUT2D eigenvalue weighted by atomic mass is 10.1. The topological polar surface area (TPSA) is 67.8 Å². The molecule has 1 aromatic heterocycles. The van der Waals surface area contributed by atoms with E-state index in [1.165, 1.54) is 11.1 Å². The number of aromatic nitrogens is 1. The van der Waals surface area contributed by atoms with Crippen LogP contribution in [-0.4, -0.2) is 37.3 Å². The van der Waals surface area contributed by atoms with Gasteiger partial charge in [-0.3, -0.25) is 4.98 Å². The molecule has 1 unspecified atom stereocenters. The van der Waals surface area contributed by atoms with Gasteiger partial charge >= 0.3 is 0 Å². The van der Waals surface area contributed by atoms with Crippen molar-refractivity contribution in [2.75, 3.05) is 26.4 Å². The van der Waals surface area contributed by atoms with Gasteiger partial charge in [0, 0.05) is 30.8 Å². The Morgan fingerprint density at radius 3 is 2.87 bits per heavy atom. The first-order valence-electron chi connectivity index (χ1n) is 10.4. The quantitative estimate of drug-likeness (QED) is 0.311. The Labute approximate surface area is 196 Å². The van der Waals surface area contributed by atoms with Crippen molar-refractivity contribution in [3.05, 3.63) is 58.9 Å². The summed E-state index contributed by atoms with van der Waals surface area (Å²) in [4.78, 5) is 9.20. The molecule has 0 saturated carbocycles. The van der Waals surface area contributed by atoms with E-state index in [9.17, 15) is 0 Å². The standard InChI is InChI=1S/C23H32N4O2.HI/c1-4-24-23(27-14-21-18(3)6-5-10-25-21)26-13-20-8-7-17(2)12-22(20)29-16-19-9-11-28-15-19;/h5-8,10,12,19H,4,9,11,13-16H2,1-3H3,(H2,24,26,27);1H. The number of pyridine rings is 1. The van der Waals surface area contributed by atoms with Gasteiger partial charge in [-0.2, -0.15) is 0 Å². The molecule has 1 atom stereocenters. The molecule has 2 heterocycles. The van der Waals surface area contributed by atoms with E-state index in [0.29, 0.717) is 25.6 Å². The van der Waals surface area contributed by atoms with Gasteiger partial charge in [-0.15, -0.1) is 24.0 Å². The smallest absolute Gasteiger partial charge is 0.191 e. The van der Waals surface area contributed by atoms with Crippen molar-refractivity contribution in [3.63, 3.8) is 0 Å². The summed E-state index contributed by atoms with van der Waals surface area (Å²) in [5.41, 5.74) is 4.46. The van der Waals surface area contributed by atoms with Crippen LogP contribution in [0.1, 0.15) is 35.7 Å². The summed E-state index contributed by atoms with van der Waals surface area (Å²) in [6, 6.07) is 10.3. The number of nitrogens with zero attached hydrogens (tertiary/aromatic N) is 2. The van der Waals surface area contributed by atoms with E-state index in [1.54, 1.807) is 0 Å². The second-order valence-electron chi connectivity index (χ2n) is 7.47. The number of benzene rings is 1. The van der Waals surface area contributed by atoms with Crippen LogP contribution in [0.4, 0.5) is 0 Å². The van der Waals surface area contributed by atoms with E-state index < -0.39 is 0 Å². The van der Waals surface area contributed by atoms with Crippen molar-refractivity contribution in [2.24, 2.45) is 10.9 Å². The van der Waals surface area contributed by atoms with E-state index in [1.807, 2.05) is 12.3 Å². The summed E-state index contributed by atoms with van der Waals surface area (Å²) >= 11 is 0. The van der Waals surface area contributed by atoms with Gasteiger partial charge < -0.3 is 20.1 Å². The van der Waals surface area contributed by atoms with Gasteiger partial charge in [-0.1, -0.05) is 18.2 Å². The summed E-state index contributed by atoms with van der Waals surface area (Å²) in [6.07, 6.45) is 2.89.